The first-order chi connectivity index (χ1) is 9.65. The number of ether oxygens (including phenoxy) is 1. The lowest BCUT2D eigenvalue weighted by molar-refractivity contribution is 0.322. The molecule has 0 atom stereocenters. The van der Waals surface area contributed by atoms with Crippen molar-refractivity contribution in [3.63, 3.8) is 0 Å². The Kier molecular flexibility index (Phi) is 4.74. The highest BCUT2D eigenvalue weighted by Crippen LogP contribution is 2.33. The minimum atomic E-state index is -0.451. The summed E-state index contributed by atoms with van der Waals surface area (Å²) < 4.78 is 18.9. The molecule has 0 aromatic heterocycles. The highest BCUT2D eigenvalue weighted by molar-refractivity contribution is 7.98. The molecule has 20 heavy (non-hydrogen) atoms. The van der Waals surface area contributed by atoms with Crippen molar-refractivity contribution in [1.29, 1.82) is 0 Å². The van der Waals surface area contributed by atoms with Crippen LogP contribution in [0.15, 0.2) is 41.3 Å². The Hall–Kier alpha value is -1.88. The van der Waals surface area contributed by atoms with E-state index in [9.17, 15) is 4.39 Å². The third kappa shape index (κ3) is 3.17. The highest BCUT2D eigenvalue weighted by atomic mass is 32.2. The number of hydrogen-bond acceptors (Lipinski definition) is 4. The molecule has 0 aliphatic carbocycles. The zero-order valence-corrected chi connectivity index (χ0v) is 12.3. The average molecular weight is 292 g/mol. The monoisotopic (exact) mass is 292 g/mol. The lowest BCUT2D eigenvalue weighted by Crippen LogP contribution is -2.01. The molecular weight excluding hydrogens is 275 g/mol. The molecule has 2 aromatic rings. The molecule has 2 rings (SSSR count). The smallest absolute Gasteiger partial charge is 0.167 e. The van der Waals surface area contributed by atoms with Crippen molar-refractivity contribution in [2.24, 2.45) is 0 Å². The molecule has 5 heteroatoms. The van der Waals surface area contributed by atoms with Crippen LogP contribution in [0.2, 0.25) is 0 Å². The maximum absolute atomic E-state index is 13.7. The summed E-state index contributed by atoms with van der Waals surface area (Å²) >= 11 is 1.63. The number of benzene rings is 2. The predicted octanol–water partition coefficient (Wildman–Crippen LogP) is 4.27. The second-order valence-corrected chi connectivity index (χ2v) is 4.98. The highest BCUT2D eigenvalue weighted by Gasteiger charge is 2.10. The zero-order chi connectivity index (χ0) is 14.5. The van der Waals surface area contributed by atoms with Gasteiger partial charge in [0.25, 0.3) is 0 Å². The lowest BCUT2D eigenvalue weighted by atomic mass is 10.2. The summed E-state index contributed by atoms with van der Waals surface area (Å²) in [5, 5.41) is 3.23. The van der Waals surface area contributed by atoms with Crippen LogP contribution in [0.5, 0.6) is 5.75 Å². The van der Waals surface area contributed by atoms with Crippen molar-refractivity contribution in [2.45, 2.75) is 11.8 Å². The molecular formula is C15H17FN2OS. The van der Waals surface area contributed by atoms with Gasteiger partial charge in [-0.15, -0.1) is 11.8 Å². The number of rotatable bonds is 5. The number of nitrogens with two attached hydrogens (primary N) is 1. The number of para-hydroxylation sites is 1. The molecule has 2 aromatic carbocycles. The van der Waals surface area contributed by atoms with Crippen LogP contribution in [-0.2, 0) is 0 Å². The zero-order valence-electron chi connectivity index (χ0n) is 11.4. The van der Waals surface area contributed by atoms with Gasteiger partial charge in [-0.2, -0.15) is 0 Å². The van der Waals surface area contributed by atoms with Crippen LogP contribution in [0, 0.1) is 5.82 Å². The van der Waals surface area contributed by atoms with Gasteiger partial charge in [-0.25, -0.2) is 4.39 Å². The van der Waals surface area contributed by atoms with Gasteiger partial charge in [0.15, 0.2) is 11.6 Å². The minimum Gasteiger partial charge on any atom is -0.491 e. The minimum absolute atomic E-state index is 0.200. The molecule has 0 spiro atoms. The molecule has 0 fully saturated rings. The number of hydrogen-bond donors (Lipinski definition) is 2. The Labute approximate surface area is 122 Å². The van der Waals surface area contributed by atoms with Crippen LogP contribution in [-0.4, -0.2) is 12.9 Å². The molecule has 0 heterocycles. The van der Waals surface area contributed by atoms with Crippen molar-refractivity contribution in [3.8, 4) is 5.75 Å². The van der Waals surface area contributed by atoms with Crippen molar-refractivity contribution < 1.29 is 9.13 Å². The number of thioether (sulfide) groups is 1. The Balaban J connectivity index is 2.35. The first-order valence-electron chi connectivity index (χ1n) is 6.27. The number of nitrogens with one attached hydrogen (secondary N) is 1. The molecule has 0 aliphatic rings. The van der Waals surface area contributed by atoms with Crippen LogP contribution in [0.4, 0.5) is 21.5 Å². The van der Waals surface area contributed by atoms with E-state index in [1.54, 1.807) is 17.8 Å². The van der Waals surface area contributed by atoms with E-state index in [2.05, 4.69) is 5.32 Å². The first-order valence-corrected chi connectivity index (χ1v) is 7.50. The van der Waals surface area contributed by atoms with Crippen molar-refractivity contribution in [3.05, 3.63) is 42.2 Å². The number of anilines is 3. The molecule has 0 saturated carbocycles. The van der Waals surface area contributed by atoms with E-state index in [0.717, 1.165) is 10.6 Å². The Morgan fingerprint density at radius 3 is 2.70 bits per heavy atom. The summed E-state index contributed by atoms with van der Waals surface area (Å²) in [6.07, 6.45) is 2.00. The van der Waals surface area contributed by atoms with E-state index in [1.165, 1.54) is 6.07 Å². The van der Waals surface area contributed by atoms with Crippen LogP contribution in [0.3, 0.4) is 0 Å². The Bertz CT molecular complexity index is 604. The fourth-order valence-electron chi connectivity index (χ4n) is 1.84. The summed E-state index contributed by atoms with van der Waals surface area (Å²) in [7, 11) is 0. The lowest BCUT2D eigenvalue weighted by Gasteiger charge is -2.14. The standard InChI is InChI=1S/C15H17FN2OS/c1-3-19-14-9-13(11(17)8-10(14)16)18-12-6-4-5-7-15(12)20-2/h4-9,18H,3,17H2,1-2H3. The molecule has 0 bridgehead atoms. The van der Waals surface area contributed by atoms with Gasteiger partial charge in [0.2, 0.25) is 0 Å². The molecule has 0 saturated heterocycles. The topological polar surface area (TPSA) is 47.3 Å². The van der Waals surface area contributed by atoms with Gasteiger partial charge in [0.05, 0.1) is 23.7 Å². The maximum atomic E-state index is 13.7. The maximum Gasteiger partial charge on any atom is 0.167 e. The van der Waals surface area contributed by atoms with Crippen LogP contribution in [0.25, 0.3) is 0 Å². The molecule has 0 aliphatic heterocycles. The summed E-state index contributed by atoms with van der Waals surface area (Å²) in [4.78, 5) is 1.09. The van der Waals surface area contributed by atoms with Gasteiger partial charge in [-0.05, 0) is 25.3 Å². The van der Waals surface area contributed by atoms with E-state index in [0.29, 0.717) is 18.0 Å². The molecule has 106 valence electrons. The summed E-state index contributed by atoms with van der Waals surface area (Å²) in [5.74, 6) is -0.251. The van der Waals surface area contributed by atoms with E-state index in [-0.39, 0.29) is 5.75 Å². The second-order valence-electron chi connectivity index (χ2n) is 4.13. The van der Waals surface area contributed by atoms with E-state index < -0.39 is 5.82 Å². The fourth-order valence-corrected chi connectivity index (χ4v) is 2.39. The van der Waals surface area contributed by atoms with Crippen LogP contribution in [0.1, 0.15) is 6.92 Å². The van der Waals surface area contributed by atoms with E-state index in [1.807, 2.05) is 37.4 Å². The summed E-state index contributed by atoms with van der Waals surface area (Å²) in [6, 6.07) is 10.7. The number of halogens is 1. The van der Waals surface area contributed by atoms with Crippen molar-refractivity contribution in [1.82, 2.24) is 0 Å². The second kappa shape index (κ2) is 6.52. The van der Waals surface area contributed by atoms with Gasteiger partial charge in [-0.1, -0.05) is 12.1 Å². The molecule has 0 unspecified atom stereocenters. The fraction of sp³-hybridized carbons (Fsp3) is 0.200. The molecule has 3 nitrogen and oxygen atoms in total. The third-order valence-electron chi connectivity index (χ3n) is 2.78. The molecule has 0 amide bonds. The SMILES string of the molecule is CCOc1cc(Nc2ccccc2SC)c(N)cc1F. The number of nitrogen functional groups attached to an aromatic ring is 1. The summed E-state index contributed by atoms with van der Waals surface area (Å²) in [5.41, 5.74) is 7.78. The van der Waals surface area contributed by atoms with Gasteiger partial charge in [0.1, 0.15) is 0 Å². The largest absolute Gasteiger partial charge is 0.491 e. The van der Waals surface area contributed by atoms with Crippen molar-refractivity contribution >= 4 is 28.8 Å². The van der Waals surface area contributed by atoms with Gasteiger partial charge in [-0.3, -0.25) is 0 Å². The van der Waals surface area contributed by atoms with E-state index >= 15 is 0 Å². The van der Waals surface area contributed by atoms with Gasteiger partial charge >= 0.3 is 0 Å². The van der Waals surface area contributed by atoms with Crippen LogP contribution < -0.4 is 15.8 Å². The van der Waals surface area contributed by atoms with E-state index in [4.69, 9.17) is 10.5 Å². The average Bonchev–Trinajstić information content (AvgIpc) is 2.45. The predicted molar refractivity (Wildman–Crippen MR) is 83.5 cm³/mol. The van der Waals surface area contributed by atoms with Crippen molar-refractivity contribution in [2.75, 3.05) is 23.9 Å². The first kappa shape index (κ1) is 14.5. The molecule has 3 N–H and O–H groups in total. The summed E-state index contributed by atoms with van der Waals surface area (Å²) in [6.45, 7) is 2.22. The third-order valence-corrected chi connectivity index (χ3v) is 3.58. The quantitative estimate of drug-likeness (QED) is 0.638. The Morgan fingerprint density at radius 2 is 2.00 bits per heavy atom. The van der Waals surface area contributed by atoms with Gasteiger partial charge in [0, 0.05) is 17.0 Å². The van der Waals surface area contributed by atoms with Crippen LogP contribution >= 0.6 is 11.8 Å². The Morgan fingerprint density at radius 1 is 1.25 bits per heavy atom. The van der Waals surface area contributed by atoms with Gasteiger partial charge < -0.3 is 15.8 Å². The normalized spacial score (nSPS) is 10.3. The molecule has 0 radical (unpaired) electrons.